The first kappa shape index (κ1) is 8.71. The molecule has 2 rings (SSSR count). The fraction of sp³-hybridized carbons (Fsp3) is 0.111. The van der Waals surface area contributed by atoms with Gasteiger partial charge in [-0.2, -0.15) is 0 Å². The number of benzene rings is 1. The molecule has 0 fully saturated rings. The van der Waals surface area contributed by atoms with Crippen LogP contribution in [0.15, 0.2) is 24.5 Å². The van der Waals surface area contributed by atoms with Crippen LogP contribution in [0.25, 0.3) is 10.9 Å². The molecule has 0 radical (unpaired) electrons. The minimum absolute atomic E-state index is 0.609. The van der Waals surface area contributed by atoms with Crippen molar-refractivity contribution in [2.45, 2.75) is 0 Å². The van der Waals surface area contributed by atoms with Crippen molar-refractivity contribution >= 4 is 16.7 Å². The SMILES string of the molecule is COc1ccc2c(NN)ncnc2c1. The van der Waals surface area contributed by atoms with Crippen LogP contribution in [-0.2, 0) is 0 Å². The first-order valence-corrected chi connectivity index (χ1v) is 4.10. The smallest absolute Gasteiger partial charge is 0.151 e. The molecule has 72 valence electrons. The summed E-state index contributed by atoms with van der Waals surface area (Å²) in [5, 5.41) is 0.871. The Kier molecular flexibility index (Phi) is 2.16. The number of hydrazine groups is 1. The highest BCUT2D eigenvalue weighted by Crippen LogP contribution is 2.22. The molecule has 0 atom stereocenters. The lowest BCUT2D eigenvalue weighted by Gasteiger charge is -2.04. The van der Waals surface area contributed by atoms with Crippen LogP contribution in [0.5, 0.6) is 5.75 Å². The summed E-state index contributed by atoms with van der Waals surface area (Å²) in [6.07, 6.45) is 1.46. The van der Waals surface area contributed by atoms with Gasteiger partial charge in [0.1, 0.15) is 12.1 Å². The van der Waals surface area contributed by atoms with E-state index in [1.165, 1.54) is 6.33 Å². The van der Waals surface area contributed by atoms with Crippen molar-refractivity contribution in [2.24, 2.45) is 5.84 Å². The highest BCUT2D eigenvalue weighted by atomic mass is 16.5. The van der Waals surface area contributed by atoms with E-state index in [2.05, 4.69) is 15.4 Å². The lowest BCUT2D eigenvalue weighted by molar-refractivity contribution is 0.415. The van der Waals surface area contributed by atoms with Gasteiger partial charge in [-0.25, -0.2) is 15.8 Å². The van der Waals surface area contributed by atoms with E-state index in [0.29, 0.717) is 5.82 Å². The third kappa shape index (κ3) is 1.33. The molecule has 1 heterocycles. The maximum absolute atomic E-state index is 5.31. The van der Waals surface area contributed by atoms with Crippen molar-refractivity contribution in [3.63, 3.8) is 0 Å². The average molecular weight is 190 g/mol. The number of nitrogens with two attached hydrogens (primary N) is 1. The van der Waals surface area contributed by atoms with Crippen molar-refractivity contribution in [3.05, 3.63) is 24.5 Å². The molecule has 0 saturated carbocycles. The first-order chi connectivity index (χ1) is 6.85. The normalized spacial score (nSPS) is 10.1. The fourth-order valence-electron chi connectivity index (χ4n) is 1.28. The van der Waals surface area contributed by atoms with E-state index >= 15 is 0 Å². The number of hydrogen-bond acceptors (Lipinski definition) is 5. The zero-order chi connectivity index (χ0) is 9.97. The summed E-state index contributed by atoms with van der Waals surface area (Å²) in [6.45, 7) is 0. The molecule has 0 saturated heterocycles. The predicted molar refractivity (Wildman–Crippen MR) is 53.9 cm³/mol. The summed E-state index contributed by atoms with van der Waals surface area (Å²) in [6, 6.07) is 5.54. The predicted octanol–water partition coefficient (Wildman–Crippen LogP) is 0.924. The van der Waals surface area contributed by atoms with Gasteiger partial charge in [0.05, 0.1) is 12.6 Å². The lowest BCUT2D eigenvalue weighted by atomic mass is 10.2. The van der Waals surface area contributed by atoms with E-state index in [0.717, 1.165) is 16.7 Å². The highest BCUT2D eigenvalue weighted by Gasteiger charge is 2.02. The van der Waals surface area contributed by atoms with E-state index in [4.69, 9.17) is 10.6 Å². The molecule has 14 heavy (non-hydrogen) atoms. The number of methoxy groups -OCH3 is 1. The number of nitrogens with one attached hydrogen (secondary N) is 1. The molecular formula is C9H10N4O. The number of aromatic nitrogens is 2. The van der Waals surface area contributed by atoms with E-state index in [9.17, 15) is 0 Å². The zero-order valence-corrected chi connectivity index (χ0v) is 7.69. The lowest BCUT2D eigenvalue weighted by Crippen LogP contribution is -2.09. The Labute approximate surface area is 80.9 Å². The zero-order valence-electron chi connectivity index (χ0n) is 7.69. The summed E-state index contributed by atoms with van der Waals surface area (Å²) in [7, 11) is 1.62. The molecule has 0 amide bonds. The number of ether oxygens (including phenoxy) is 1. The number of nitrogen functional groups attached to an aromatic ring is 1. The van der Waals surface area contributed by atoms with Gasteiger partial charge < -0.3 is 10.2 Å². The van der Waals surface area contributed by atoms with Gasteiger partial charge in [0.15, 0.2) is 5.82 Å². The molecule has 0 spiro atoms. The molecular weight excluding hydrogens is 180 g/mol. The number of fused-ring (bicyclic) bond motifs is 1. The van der Waals surface area contributed by atoms with Crippen molar-refractivity contribution < 1.29 is 4.74 Å². The van der Waals surface area contributed by atoms with Crippen molar-refractivity contribution in [1.29, 1.82) is 0 Å². The Morgan fingerprint density at radius 3 is 2.93 bits per heavy atom. The Morgan fingerprint density at radius 1 is 1.36 bits per heavy atom. The molecule has 1 aromatic carbocycles. The standard InChI is InChI=1S/C9H10N4O/c1-14-6-2-3-7-8(4-6)11-5-12-9(7)13-10/h2-5H,10H2,1H3,(H,11,12,13). The Morgan fingerprint density at radius 2 is 2.21 bits per heavy atom. The van der Waals surface area contributed by atoms with Crippen LogP contribution in [0.2, 0.25) is 0 Å². The van der Waals surface area contributed by atoms with E-state index in [-0.39, 0.29) is 0 Å². The minimum atomic E-state index is 0.609. The van der Waals surface area contributed by atoms with Crippen molar-refractivity contribution in [2.75, 3.05) is 12.5 Å². The minimum Gasteiger partial charge on any atom is -0.497 e. The maximum Gasteiger partial charge on any atom is 0.151 e. The molecule has 5 heteroatoms. The van der Waals surface area contributed by atoms with Gasteiger partial charge in [-0.1, -0.05) is 0 Å². The number of anilines is 1. The summed E-state index contributed by atoms with van der Waals surface area (Å²) in [5.74, 6) is 6.69. The second kappa shape index (κ2) is 3.47. The van der Waals surface area contributed by atoms with Gasteiger partial charge in [-0.15, -0.1) is 0 Å². The topological polar surface area (TPSA) is 73.1 Å². The highest BCUT2D eigenvalue weighted by molar-refractivity contribution is 5.89. The van der Waals surface area contributed by atoms with E-state index in [1.807, 2.05) is 18.2 Å². The fourth-order valence-corrected chi connectivity index (χ4v) is 1.28. The van der Waals surface area contributed by atoms with Crippen LogP contribution in [0.4, 0.5) is 5.82 Å². The van der Waals surface area contributed by atoms with Crippen LogP contribution in [0.3, 0.4) is 0 Å². The molecule has 1 aromatic heterocycles. The summed E-state index contributed by atoms with van der Waals surface area (Å²) < 4.78 is 5.08. The van der Waals surface area contributed by atoms with E-state index < -0.39 is 0 Å². The number of nitrogens with zero attached hydrogens (tertiary/aromatic N) is 2. The van der Waals surface area contributed by atoms with Crippen LogP contribution in [0, 0.1) is 0 Å². The van der Waals surface area contributed by atoms with Gasteiger partial charge in [0, 0.05) is 11.5 Å². The van der Waals surface area contributed by atoms with Crippen LogP contribution >= 0.6 is 0 Å². The monoisotopic (exact) mass is 190 g/mol. The average Bonchev–Trinajstić information content (AvgIpc) is 2.27. The largest absolute Gasteiger partial charge is 0.497 e. The second-order valence-corrected chi connectivity index (χ2v) is 2.75. The maximum atomic E-state index is 5.31. The molecule has 0 aliphatic heterocycles. The molecule has 2 aromatic rings. The van der Waals surface area contributed by atoms with Gasteiger partial charge in [-0.05, 0) is 12.1 Å². The quantitative estimate of drug-likeness (QED) is 0.544. The second-order valence-electron chi connectivity index (χ2n) is 2.75. The van der Waals surface area contributed by atoms with Gasteiger partial charge in [0.25, 0.3) is 0 Å². The molecule has 0 bridgehead atoms. The van der Waals surface area contributed by atoms with Crippen molar-refractivity contribution in [1.82, 2.24) is 9.97 Å². The number of hydrogen-bond donors (Lipinski definition) is 2. The molecule has 0 aliphatic rings. The molecule has 0 unspecified atom stereocenters. The molecule has 3 N–H and O–H groups in total. The third-order valence-electron chi connectivity index (χ3n) is 1.98. The summed E-state index contributed by atoms with van der Waals surface area (Å²) in [5.41, 5.74) is 3.31. The Hall–Kier alpha value is -1.88. The van der Waals surface area contributed by atoms with Gasteiger partial charge in [0.2, 0.25) is 0 Å². The van der Waals surface area contributed by atoms with Crippen LogP contribution in [-0.4, -0.2) is 17.1 Å². The Bertz CT molecular complexity index is 458. The number of rotatable bonds is 2. The van der Waals surface area contributed by atoms with Crippen molar-refractivity contribution in [3.8, 4) is 5.75 Å². The van der Waals surface area contributed by atoms with Crippen LogP contribution < -0.4 is 16.0 Å². The Balaban J connectivity index is 2.67. The third-order valence-corrected chi connectivity index (χ3v) is 1.98. The molecule has 5 nitrogen and oxygen atoms in total. The van der Waals surface area contributed by atoms with E-state index in [1.54, 1.807) is 7.11 Å². The summed E-state index contributed by atoms with van der Waals surface area (Å²) in [4.78, 5) is 8.10. The van der Waals surface area contributed by atoms with Gasteiger partial charge >= 0.3 is 0 Å². The summed E-state index contributed by atoms with van der Waals surface area (Å²) >= 11 is 0. The molecule has 0 aliphatic carbocycles. The van der Waals surface area contributed by atoms with Gasteiger partial charge in [-0.3, -0.25) is 0 Å². The van der Waals surface area contributed by atoms with Crippen LogP contribution in [0.1, 0.15) is 0 Å². The first-order valence-electron chi connectivity index (χ1n) is 4.10.